The lowest BCUT2D eigenvalue weighted by molar-refractivity contribution is -0.00000639. The molecule has 0 aliphatic rings. The molecule has 0 saturated heterocycles. The van der Waals surface area contributed by atoms with Gasteiger partial charge in [-0.05, 0) is 36.4 Å². The molecule has 4 aromatic carbocycles. The Bertz CT molecular complexity index is 1330. The predicted molar refractivity (Wildman–Crippen MR) is 142 cm³/mol. The van der Waals surface area contributed by atoms with E-state index in [-0.39, 0.29) is 18.0 Å². The quantitative estimate of drug-likeness (QED) is 0.217. The Kier molecular flexibility index (Phi) is 7.33. The molecule has 5 rings (SSSR count). The predicted octanol–water partition coefficient (Wildman–Crippen LogP) is 1.35. The van der Waals surface area contributed by atoms with Crippen LogP contribution in [0.3, 0.4) is 0 Å². The summed E-state index contributed by atoms with van der Waals surface area (Å²) < 4.78 is 0. The fourth-order valence-electron chi connectivity index (χ4n) is 4.28. The molecule has 0 aliphatic heterocycles. The van der Waals surface area contributed by atoms with Gasteiger partial charge in [0.05, 0.1) is 0 Å². The molecule has 3 nitrogen and oxygen atoms in total. The Morgan fingerprint density at radius 3 is 1.38 bits per heavy atom. The first-order valence-electron chi connectivity index (χ1n) is 10.7. The van der Waals surface area contributed by atoms with Crippen LogP contribution in [0.25, 0.3) is 11.4 Å². The van der Waals surface area contributed by atoms with Crippen LogP contribution in [0.2, 0.25) is 0 Å². The van der Waals surface area contributed by atoms with Crippen molar-refractivity contribution in [1.82, 2.24) is 9.97 Å². The second-order valence-electron chi connectivity index (χ2n) is 7.63. The van der Waals surface area contributed by atoms with Gasteiger partial charge in [0.25, 0.3) is 5.56 Å². The Labute approximate surface area is 211 Å². The molecule has 1 aromatic heterocycles. The first-order valence-corrected chi connectivity index (χ1v) is 12.9. The second kappa shape index (κ2) is 10.4. The van der Waals surface area contributed by atoms with Gasteiger partial charge in [0.2, 0.25) is 5.30 Å². The molecule has 0 aliphatic carbocycles. The average molecular weight is 501 g/mol. The fourth-order valence-corrected chi connectivity index (χ4v) is 9.17. The van der Waals surface area contributed by atoms with Crippen molar-refractivity contribution in [3.05, 3.63) is 132 Å². The van der Waals surface area contributed by atoms with Crippen LogP contribution < -0.4 is 39.2 Å². The average Bonchev–Trinajstić information content (AvgIpc) is 2.88. The Morgan fingerprint density at radius 2 is 1.00 bits per heavy atom. The molecule has 34 heavy (non-hydrogen) atoms. The summed E-state index contributed by atoms with van der Waals surface area (Å²) in [5.74, 6) is 0.515. The summed E-state index contributed by atoms with van der Waals surface area (Å²) in [5, 5.41) is 4.30. The lowest BCUT2D eigenvalue weighted by atomic mass is 10.2. The zero-order valence-electron chi connectivity index (χ0n) is 18.2. The molecule has 1 heterocycles. The van der Waals surface area contributed by atoms with Crippen molar-refractivity contribution in [1.29, 1.82) is 0 Å². The van der Waals surface area contributed by atoms with Crippen LogP contribution in [-0.4, -0.2) is 9.97 Å². The third-order valence-corrected chi connectivity index (χ3v) is 10.5. The second-order valence-corrected chi connectivity index (χ2v) is 11.4. The van der Waals surface area contributed by atoms with Gasteiger partial charge in [-0.2, -0.15) is 0 Å². The molecule has 168 valence electrons. The van der Waals surface area contributed by atoms with Gasteiger partial charge in [-0.15, -0.1) is 12.6 Å². The summed E-state index contributed by atoms with van der Waals surface area (Å²) in [4.78, 5) is 21.7. The SMILES string of the molecule is O=c1[nH]c(-c2ccccc2)nc(S)c1[P+](c1ccccc1)(c1ccccc1)c1ccccc1.[Cl-]. The first kappa shape index (κ1) is 24.0. The molecular weight excluding hydrogens is 479 g/mol. The summed E-state index contributed by atoms with van der Waals surface area (Å²) in [6, 6.07) is 40.4. The Morgan fingerprint density at radius 1 is 0.618 bits per heavy atom. The number of nitrogens with zero attached hydrogens (tertiary/aromatic N) is 1. The monoisotopic (exact) mass is 500 g/mol. The highest BCUT2D eigenvalue weighted by Crippen LogP contribution is 2.54. The van der Waals surface area contributed by atoms with Crippen LogP contribution in [0.1, 0.15) is 0 Å². The number of hydrogen-bond donors (Lipinski definition) is 2. The van der Waals surface area contributed by atoms with E-state index in [0.717, 1.165) is 21.5 Å². The van der Waals surface area contributed by atoms with Crippen molar-refractivity contribution < 1.29 is 12.4 Å². The van der Waals surface area contributed by atoms with E-state index in [1.165, 1.54) is 0 Å². The Hall–Kier alpha value is -3.17. The van der Waals surface area contributed by atoms with E-state index in [1.54, 1.807) is 0 Å². The van der Waals surface area contributed by atoms with E-state index < -0.39 is 7.26 Å². The van der Waals surface area contributed by atoms with E-state index in [0.29, 0.717) is 16.2 Å². The lowest BCUT2D eigenvalue weighted by Gasteiger charge is -2.27. The van der Waals surface area contributed by atoms with Gasteiger partial charge < -0.3 is 17.4 Å². The van der Waals surface area contributed by atoms with Gasteiger partial charge in [-0.3, -0.25) is 4.79 Å². The van der Waals surface area contributed by atoms with Gasteiger partial charge in [0, 0.05) is 5.56 Å². The number of aromatic nitrogens is 2. The van der Waals surface area contributed by atoms with E-state index in [2.05, 4.69) is 41.4 Å². The maximum absolute atomic E-state index is 13.9. The molecular formula is C28H22ClN2OPS. The van der Waals surface area contributed by atoms with E-state index in [4.69, 9.17) is 17.6 Å². The number of thiol groups is 1. The van der Waals surface area contributed by atoms with Gasteiger partial charge >= 0.3 is 0 Å². The molecule has 0 spiro atoms. The molecule has 0 atom stereocenters. The minimum Gasteiger partial charge on any atom is -1.00 e. The summed E-state index contributed by atoms with van der Waals surface area (Å²) in [7, 11) is -2.57. The van der Waals surface area contributed by atoms with E-state index in [9.17, 15) is 4.79 Å². The number of benzene rings is 4. The third-order valence-electron chi connectivity index (χ3n) is 5.69. The fraction of sp³-hybridized carbons (Fsp3) is 0. The van der Waals surface area contributed by atoms with Crippen LogP contribution in [0.5, 0.6) is 0 Å². The van der Waals surface area contributed by atoms with Crippen LogP contribution in [0.15, 0.2) is 131 Å². The standard InChI is InChI=1S/C28H21N2OPS.ClH/c31-27-25(28(33)30-26(29-27)21-13-5-1-6-14-21)32(22-15-7-2-8-16-22,23-17-9-3-10-18-23)24-19-11-4-12-20-24;/h1-20H,(H-,29,30,31,33);1H. The topological polar surface area (TPSA) is 45.8 Å². The molecule has 0 bridgehead atoms. The molecule has 0 radical (unpaired) electrons. The number of halogens is 1. The molecule has 0 unspecified atom stereocenters. The van der Waals surface area contributed by atoms with Crippen molar-refractivity contribution in [3.63, 3.8) is 0 Å². The normalized spacial score (nSPS) is 11.0. The first-order chi connectivity index (χ1) is 16.2. The van der Waals surface area contributed by atoms with Crippen molar-refractivity contribution in [2.24, 2.45) is 0 Å². The van der Waals surface area contributed by atoms with Gasteiger partial charge in [0.15, 0.2) is 7.26 Å². The summed E-state index contributed by atoms with van der Waals surface area (Å²) in [6.07, 6.45) is 0. The van der Waals surface area contributed by atoms with Crippen molar-refractivity contribution in [2.45, 2.75) is 5.03 Å². The third kappa shape index (κ3) is 4.21. The highest BCUT2D eigenvalue weighted by Gasteiger charge is 2.51. The molecule has 0 amide bonds. The molecule has 0 saturated carbocycles. The highest BCUT2D eigenvalue weighted by atomic mass is 35.5. The Balaban J connectivity index is 0.00000274. The maximum atomic E-state index is 13.9. The van der Waals surface area contributed by atoms with Crippen molar-refractivity contribution in [2.75, 3.05) is 0 Å². The van der Waals surface area contributed by atoms with Crippen LogP contribution in [0.4, 0.5) is 0 Å². The van der Waals surface area contributed by atoms with Crippen molar-refractivity contribution in [3.8, 4) is 11.4 Å². The zero-order valence-corrected chi connectivity index (χ0v) is 20.7. The largest absolute Gasteiger partial charge is 1.00 e. The zero-order chi connectivity index (χ0) is 22.7. The summed E-state index contributed by atoms with van der Waals surface area (Å²) in [6.45, 7) is 0. The summed E-state index contributed by atoms with van der Waals surface area (Å²) in [5.41, 5.74) is 0.679. The van der Waals surface area contributed by atoms with Crippen LogP contribution >= 0.6 is 19.9 Å². The smallest absolute Gasteiger partial charge is 0.296 e. The number of aromatic amines is 1. The number of H-pyrrole nitrogens is 1. The number of hydrogen-bond acceptors (Lipinski definition) is 3. The van der Waals surface area contributed by atoms with E-state index >= 15 is 0 Å². The molecule has 1 N–H and O–H groups in total. The molecule has 5 aromatic rings. The van der Waals surface area contributed by atoms with Crippen molar-refractivity contribution >= 4 is 41.1 Å². The minimum absolute atomic E-state index is 0. The highest BCUT2D eigenvalue weighted by molar-refractivity contribution is 8.02. The van der Waals surface area contributed by atoms with E-state index in [1.807, 2.05) is 84.9 Å². The van der Waals surface area contributed by atoms with Crippen LogP contribution in [-0.2, 0) is 0 Å². The van der Waals surface area contributed by atoms with Gasteiger partial charge in [0.1, 0.15) is 26.8 Å². The minimum atomic E-state index is -2.57. The molecule has 6 heteroatoms. The van der Waals surface area contributed by atoms with Crippen LogP contribution in [0, 0.1) is 0 Å². The molecule has 0 fully saturated rings. The number of nitrogens with one attached hydrogen (secondary N) is 1. The lowest BCUT2D eigenvalue weighted by Crippen LogP contribution is -3.00. The number of rotatable bonds is 5. The van der Waals surface area contributed by atoms with Gasteiger partial charge in [-0.25, -0.2) is 4.98 Å². The van der Waals surface area contributed by atoms with Gasteiger partial charge in [-0.1, -0.05) is 84.9 Å². The maximum Gasteiger partial charge on any atom is 0.296 e. The summed E-state index contributed by atoms with van der Waals surface area (Å²) >= 11 is 4.83.